The molecule has 0 aliphatic heterocycles. The molecule has 0 heterocycles. The molecule has 0 fully saturated rings. The molecule has 0 aromatic rings. The van der Waals surface area contributed by atoms with Gasteiger partial charge < -0.3 is 5.32 Å². The fourth-order valence-corrected chi connectivity index (χ4v) is 0.524. The van der Waals surface area contributed by atoms with E-state index >= 15 is 0 Å². The first-order chi connectivity index (χ1) is 6.13. The third kappa shape index (κ3) is 11.6. The highest BCUT2D eigenvalue weighted by Gasteiger charge is 1.95. The van der Waals surface area contributed by atoms with Crippen LogP contribution in [0.25, 0.3) is 0 Å². The molecule has 0 saturated heterocycles. The lowest BCUT2D eigenvalue weighted by atomic mass is 10.6. The first-order valence-corrected chi connectivity index (χ1v) is 3.45. The minimum atomic E-state index is -0.388. The normalized spacial score (nSPS) is 11.5. The third-order valence-corrected chi connectivity index (χ3v) is 0.971. The summed E-state index contributed by atoms with van der Waals surface area (Å²) in [5.74, 6) is 0. The predicted octanol–water partition coefficient (Wildman–Crippen LogP) is -1.40. The standard InChI is InChI=1S/C4H13N3O6/c8-6(9)12-3-1-5-2-4-13-7(10)11/h5,8-11H,1-4H2. The van der Waals surface area contributed by atoms with Crippen LogP contribution in [0.1, 0.15) is 0 Å². The molecule has 9 heteroatoms. The average Bonchev–Trinajstić information content (AvgIpc) is 2.01. The number of rotatable bonds is 8. The number of nitrogens with one attached hydrogen (secondary N) is 1. The third-order valence-electron chi connectivity index (χ3n) is 0.971. The van der Waals surface area contributed by atoms with Crippen LogP contribution < -0.4 is 5.32 Å². The van der Waals surface area contributed by atoms with Crippen molar-refractivity contribution < 1.29 is 30.5 Å². The Morgan fingerprint density at radius 2 is 1.23 bits per heavy atom. The van der Waals surface area contributed by atoms with E-state index in [1.54, 1.807) is 0 Å². The van der Waals surface area contributed by atoms with Gasteiger partial charge in [0.15, 0.2) is 0 Å². The van der Waals surface area contributed by atoms with Gasteiger partial charge in [-0.05, 0) is 0 Å². The maximum atomic E-state index is 8.07. The van der Waals surface area contributed by atoms with Gasteiger partial charge in [0.25, 0.3) is 0 Å². The molecule has 13 heavy (non-hydrogen) atoms. The van der Waals surface area contributed by atoms with Crippen LogP contribution >= 0.6 is 0 Å². The second kappa shape index (κ2) is 8.25. The molecule has 0 amide bonds. The van der Waals surface area contributed by atoms with E-state index in [-0.39, 0.29) is 24.0 Å². The van der Waals surface area contributed by atoms with Crippen molar-refractivity contribution in [2.45, 2.75) is 0 Å². The lowest BCUT2D eigenvalue weighted by Crippen LogP contribution is -2.28. The zero-order valence-electron chi connectivity index (χ0n) is 6.83. The summed E-state index contributed by atoms with van der Waals surface area (Å²) in [6.07, 6.45) is 0. The van der Waals surface area contributed by atoms with Gasteiger partial charge in [-0.3, -0.25) is 20.8 Å². The van der Waals surface area contributed by atoms with Gasteiger partial charge in [-0.25, -0.2) is 9.68 Å². The molecule has 5 N–H and O–H groups in total. The number of nitrogens with zero attached hydrogens (tertiary/aromatic N) is 2. The van der Waals surface area contributed by atoms with Crippen LogP contribution in [-0.4, -0.2) is 57.9 Å². The van der Waals surface area contributed by atoms with Crippen molar-refractivity contribution >= 4 is 0 Å². The highest BCUT2D eigenvalue weighted by atomic mass is 17.1. The van der Waals surface area contributed by atoms with E-state index < -0.39 is 0 Å². The first-order valence-electron chi connectivity index (χ1n) is 3.45. The molecule has 0 saturated carbocycles. The van der Waals surface area contributed by atoms with Crippen molar-refractivity contribution in [2.75, 3.05) is 26.3 Å². The summed E-state index contributed by atoms with van der Waals surface area (Å²) in [5, 5.41) is 34.3. The van der Waals surface area contributed by atoms with Crippen LogP contribution in [-0.2, 0) is 9.68 Å². The van der Waals surface area contributed by atoms with E-state index in [0.29, 0.717) is 13.1 Å². The van der Waals surface area contributed by atoms with E-state index in [1.807, 2.05) is 0 Å². The van der Waals surface area contributed by atoms with Gasteiger partial charge in [-0.1, -0.05) is 0 Å². The summed E-state index contributed by atoms with van der Waals surface area (Å²) in [6.45, 7) is 0.847. The maximum absolute atomic E-state index is 8.07. The summed E-state index contributed by atoms with van der Waals surface area (Å²) in [4.78, 5) is 8.40. The zero-order chi connectivity index (χ0) is 10.1. The molecular weight excluding hydrogens is 186 g/mol. The van der Waals surface area contributed by atoms with E-state index in [2.05, 4.69) is 15.0 Å². The van der Waals surface area contributed by atoms with E-state index in [1.165, 1.54) is 0 Å². The summed E-state index contributed by atoms with van der Waals surface area (Å²) in [5.41, 5.74) is 0. The molecule has 0 radical (unpaired) electrons. The van der Waals surface area contributed by atoms with Gasteiger partial charge in [-0.15, -0.1) is 0 Å². The topological polar surface area (TPSA) is 118 Å². The van der Waals surface area contributed by atoms with E-state index in [4.69, 9.17) is 20.8 Å². The molecule has 0 unspecified atom stereocenters. The van der Waals surface area contributed by atoms with Crippen molar-refractivity contribution in [3.8, 4) is 0 Å². The summed E-state index contributed by atoms with van der Waals surface area (Å²) >= 11 is 0. The highest BCUT2D eigenvalue weighted by Crippen LogP contribution is 1.77. The first kappa shape index (κ1) is 12.6. The van der Waals surface area contributed by atoms with Gasteiger partial charge in [0.05, 0.1) is 24.0 Å². The molecule has 0 aromatic carbocycles. The largest absolute Gasteiger partial charge is 0.312 e. The smallest absolute Gasteiger partial charge is 0.0860 e. The van der Waals surface area contributed by atoms with Gasteiger partial charge in [0.2, 0.25) is 0 Å². The molecule has 0 bridgehead atoms. The SMILES string of the molecule is ON(O)OCCNCCON(O)O. The zero-order valence-corrected chi connectivity index (χ0v) is 6.83. The van der Waals surface area contributed by atoms with E-state index in [0.717, 1.165) is 0 Å². The van der Waals surface area contributed by atoms with Crippen molar-refractivity contribution in [2.24, 2.45) is 0 Å². The Balaban J connectivity index is 2.92. The Bertz CT molecular complexity index is 100. The van der Waals surface area contributed by atoms with Crippen LogP contribution in [0.4, 0.5) is 0 Å². The molecule has 80 valence electrons. The Hall–Kier alpha value is -0.360. The van der Waals surface area contributed by atoms with Gasteiger partial charge >= 0.3 is 0 Å². The van der Waals surface area contributed by atoms with Crippen molar-refractivity contribution in [1.29, 1.82) is 0 Å². The molecule has 0 spiro atoms. The Kier molecular flexibility index (Phi) is 8.02. The van der Waals surface area contributed by atoms with Crippen LogP contribution in [0.5, 0.6) is 0 Å². The fourth-order valence-electron chi connectivity index (χ4n) is 0.524. The molecule has 9 nitrogen and oxygen atoms in total. The van der Waals surface area contributed by atoms with Gasteiger partial charge in [0.1, 0.15) is 0 Å². The molecular formula is C4H13N3O6. The Morgan fingerprint density at radius 3 is 1.54 bits per heavy atom. The Morgan fingerprint density at radius 1 is 0.846 bits per heavy atom. The lowest BCUT2D eigenvalue weighted by molar-refractivity contribution is -0.492. The van der Waals surface area contributed by atoms with Crippen LogP contribution in [0.15, 0.2) is 0 Å². The molecule has 0 aliphatic carbocycles. The van der Waals surface area contributed by atoms with Crippen LogP contribution in [0.2, 0.25) is 0 Å². The molecule has 0 aliphatic rings. The fraction of sp³-hybridized carbons (Fsp3) is 1.00. The minimum absolute atomic E-state index is 0.0644. The summed E-state index contributed by atoms with van der Waals surface area (Å²) < 4.78 is 0. The van der Waals surface area contributed by atoms with Crippen LogP contribution in [0.3, 0.4) is 0 Å². The van der Waals surface area contributed by atoms with Crippen molar-refractivity contribution in [3.63, 3.8) is 0 Å². The quantitative estimate of drug-likeness (QED) is 0.237. The lowest BCUT2D eigenvalue weighted by Gasteiger charge is -2.08. The summed E-state index contributed by atoms with van der Waals surface area (Å²) in [6, 6.07) is 0. The van der Waals surface area contributed by atoms with Crippen molar-refractivity contribution in [1.82, 2.24) is 16.1 Å². The molecule has 0 aromatic heterocycles. The second-order valence-corrected chi connectivity index (χ2v) is 1.92. The van der Waals surface area contributed by atoms with Gasteiger partial charge in [0, 0.05) is 13.1 Å². The van der Waals surface area contributed by atoms with E-state index in [9.17, 15) is 0 Å². The van der Waals surface area contributed by atoms with Crippen LogP contribution in [0, 0.1) is 0 Å². The van der Waals surface area contributed by atoms with Crippen molar-refractivity contribution in [3.05, 3.63) is 0 Å². The second-order valence-electron chi connectivity index (χ2n) is 1.92. The molecule has 0 atom stereocenters. The van der Waals surface area contributed by atoms with Gasteiger partial charge in [-0.2, -0.15) is 0 Å². The minimum Gasteiger partial charge on any atom is -0.312 e. The molecule has 0 rings (SSSR count). The Labute approximate surface area is 74.0 Å². The maximum Gasteiger partial charge on any atom is 0.0860 e. The summed E-state index contributed by atoms with van der Waals surface area (Å²) in [7, 11) is 0. The number of hydrogen-bond donors (Lipinski definition) is 5. The monoisotopic (exact) mass is 199 g/mol. The number of hydrogen-bond acceptors (Lipinski definition) is 9. The predicted molar refractivity (Wildman–Crippen MR) is 35.6 cm³/mol. The highest BCUT2D eigenvalue weighted by molar-refractivity contribution is 4.42. The average molecular weight is 199 g/mol.